The molecule has 0 aromatic rings. The molecule has 0 heterocycles. The van der Waals surface area contributed by atoms with Crippen molar-refractivity contribution >= 4 is 11.9 Å². The number of aliphatic carboxylic acids is 2. The number of hydrogen-bond donors (Lipinski definition) is 2. The molecule has 0 spiro atoms. The van der Waals surface area contributed by atoms with E-state index in [0.29, 0.717) is 6.67 Å². The summed E-state index contributed by atoms with van der Waals surface area (Å²) in [6, 6.07) is 0. The molecule has 0 bridgehead atoms. The Balaban J connectivity index is 4.02. The molecular formula is C7H14N2O4. The molecule has 6 nitrogen and oxygen atoms in total. The minimum Gasteiger partial charge on any atom is -0.480 e. The summed E-state index contributed by atoms with van der Waals surface area (Å²) in [5.74, 6) is -2.05. The van der Waals surface area contributed by atoms with Crippen molar-refractivity contribution in [2.24, 2.45) is 0 Å². The first-order valence-electron chi connectivity index (χ1n) is 3.72. The van der Waals surface area contributed by atoms with Gasteiger partial charge in [-0.05, 0) is 14.1 Å². The Labute approximate surface area is 76.4 Å². The van der Waals surface area contributed by atoms with Gasteiger partial charge in [-0.2, -0.15) is 0 Å². The van der Waals surface area contributed by atoms with Crippen molar-refractivity contribution < 1.29 is 19.8 Å². The second-order valence-electron chi connectivity index (χ2n) is 3.00. The number of nitrogens with zero attached hydrogens (tertiary/aromatic N) is 2. The Morgan fingerprint density at radius 1 is 1.08 bits per heavy atom. The highest BCUT2D eigenvalue weighted by atomic mass is 16.4. The van der Waals surface area contributed by atoms with Gasteiger partial charge in [0.1, 0.15) is 0 Å². The maximum Gasteiger partial charge on any atom is 0.317 e. The molecule has 76 valence electrons. The predicted octanol–water partition coefficient (Wildman–Crippen LogP) is -1.02. The third-order valence-electron chi connectivity index (χ3n) is 1.20. The van der Waals surface area contributed by atoms with Crippen LogP contribution in [0.2, 0.25) is 0 Å². The van der Waals surface area contributed by atoms with E-state index < -0.39 is 11.9 Å². The van der Waals surface area contributed by atoms with E-state index in [1.165, 1.54) is 4.90 Å². The minimum absolute atomic E-state index is 0.259. The molecule has 0 aliphatic heterocycles. The summed E-state index contributed by atoms with van der Waals surface area (Å²) in [7, 11) is 3.49. The maximum atomic E-state index is 10.3. The Morgan fingerprint density at radius 3 is 1.69 bits per heavy atom. The summed E-state index contributed by atoms with van der Waals surface area (Å²) >= 11 is 0. The lowest BCUT2D eigenvalue weighted by Gasteiger charge is -2.21. The third-order valence-corrected chi connectivity index (χ3v) is 1.20. The minimum atomic E-state index is -1.02. The Bertz CT molecular complexity index is 177. The Kier molecular flexibility index (Phi) is 5.01. The normalized spacial score (nSPS) is 10.8. The number of carboxylic acid groups (broad SMARTS) is 2. The van der Waals surface area contributed by atoms with Crippen LogP contribution in [0.1, 0.15) is 0 Å². The summed E-state index contributed by atoms with van der Waals surface area (Å²) in [4.78, 5) is 23.7. The molecular weight excluding hydrogens is 176 g/mol. The molecule has 13 heavy (non-hydrogen) atoms. The van der Waals surface area contributed by atoms with E-state index in [-0.39, 0.29) is 13.1 Å². The number of carbonyl (C=O) groups is 2. The molecule has 0 radical (unpaired) electrons. The van der Waals surface area contributed by atoms with Crippen LogP contribution in [0.25, 0.3) is 0 Å². The maximum absolute atomic E-state index is 10.3. The van der Waals surface area contributed by atoms with Crippen molar-refractivity contribution in [3.05, 3.63) is 0 Å². The molecule has 6 heteroatoms. The zero-order chi connectivity index (χ0) is 10.4. The van der Waals surface area contributed by atoms with Gasteiger partial charge in [0.15, 0.2) is 0 Å². The lowest BCUT2D eigenvalue weighted by molar-refractivity contribution is -0.142. The standard InChI is InChI=1S/C7H14N2O4/c1-8(2)5-9(3-6(10)11)4-7(12)13/h3-5H2,1-2H3,(H,10,11)(H,12,13). The van der Waals surface area contributed by atoms with E-state index in [1.54, 1.807) is 19.0 Å². The first-order chi connectivity index (χ1) is 5.91. The van der Waals surface area contributed by atoms with Crippen LogP contribution in [-0.4, -0.2) is 65.8 Å². The van der Waals surface area contributed by atoms with E-state index in [2.05, 4.69) is 0 Å². The smallest absolute Gasteiger partial charge is 0.317 e. The van der Waals surface area contributed by atoms with Gasteiger partial charge in [-0.3, -0.25) is 19.4 Å². The fourth-order valence-corrected chi connectivity index (χ4v) is 0.938. The van der Waals surface area contributed by atoms with E-state index in [0.717, 1.165) is 0 Å². The van der Waals surface area contributed by atoms with Crippen molar-refractivity contribution in [3.8, 4) is 0 Å². The van der Waals surface area contributed by atoms with Crippen LogP contribution < -0.4 is 0 Å². The molecule has 0 fully saturated rings. The zero-order valence-corrected chi connectivity index (χ0v) is 7.73. The van der Waals surface area contributed by atoms with E-state index in [9.17, 15) is 9.59 Å². The molecule has 0 atom stereocenters. The van der Waals surface area contributed by atoms with Crippen LogP contribution in [-0.2, 0) is 9.59 Å². The lowest BCUT2D eigenvalue weighted by Crippen LogP contribution is -2.40. The summed E-state index contributed by atoms with van der Waals surface area (Å²) in [6.45, 7) is -0.201. The first kappa shape index (κ1) is 11.9. The highest BCUT2D eigenvalue weighted by Gasteiger charge is 2.13. The molecule has 0 aliphatic rings. The van der Waals surface area contributed by atoms with Gasteiger partial charge in [-0.25, -0.2) is 0 Å². The van der Waals surface area contributed by atoms with Crippen molar-refractivity contribution in [1.29, 1.82) is 0 Å². The summed E-state index contributed by atoms with van der Waals surface area (Å²) < 4.78 is 0. The monoisotopic (exact) mass is 190 g/mol. The van der Waals surface area contributed by atoms with Crippen LogP contribution in [0.5, 0.6) is 0 Å². The number of hydrogen-bond acceptors (Lipinski definition) is 4. The third kappa shape index (κ3) is 7.23. The Morgan fingerprint density at radius 2 is 1.46 bits per heavy atom. The van der Waals surface area contributed by atoms with Crippen molar-refractivity contribution in [2.75, 3.05) is 33.9 Å². The summed E-state index contributed by atoms with van der Waals surface area (Å²) in [5, 5.41) is 16.9. The average molecular weight is 190 g/mol. The van der Waals surface area contributed by atoms with Crippen LogP contribution >= 0.6 is 0 Å². The van der Waals surface area contributed by atoms with Gasteiger partial charge in [-0.1, -0.05) is 0 Å². The first-order valence-corrected chi connectivity index (χ1v) is 3.72. The van der Waals surface area contributed by atoms with Crippen molar-refractivity contribution in [2.45, 2.75) is 0 Å². The SMILES string of the molecule is CN(C)CN(CC(=O)O)CC(=O)O. The van der Waals surface area contributed by atoms with Crippen molar-refractivity contribution in [3.63, 3.8) is 0 Å². The molecule has 0 saturated carbocycles. The van der Waals surface area contributed by atoms with E-state index in [4.69, 9.17) is 10.2 Å². The molecule has 0 aromatic carbocycles. The second kappa shape index (κ2) is 5.50. The Hall–Kier alpha value is -1.14. The number of carboxylic acids is 2. The van der Waals surface area contributed by atoms with Gasteiger partial charge in [-0.15, -0.1) is 0 Å². The molecule has 0 rings (SSSR count). The van der Waals surface area contributed by atoms with Crippen LogP contribution in [0, 0.1) is 0 Å². The van der Waals surface area contributed by atoms with Gasteiger partial charge in [0, 0.05) is 0 Å². The van der Waals surface area contributed by atoms with Crippen LogP contribution in [0.3, 0.4) is 0 Å². The highest BCUT2D eigenvalue weighted by molar-refractivity contribution is 5.72. The van der Waals surface area contributed by atoms with Crippen LogP contribution in [0.4, 0.5) is 0 Å². The topological polar surface area (TPSA) is 81.1 Å². The van der Waals surface area contributed by atoms with E-state index in [1.807, 2.05) is 0 Å². The van der Waals surface area contributed by atoms with Gasteiger partial charge >= 0.3 is 11.9 Å². The molecule has 0 saturated heterocycles. The quantitative estimate of drug-likeness (QED) is 0.522. The summed E-state index contributed by atoms with van der Waals surface area (Å²) in [5.41, 5.74) is 0. The molecule has 0 unspecified atom stereocenters. The predicted molar refractivity (Wildman–Crippen MR) is 45.4 cm³/mol. The molecule has 0 amide bonds. The second-order valence-corrected chi connectivity index (χ2v) is 3.00. The summed E-state index contributed by atoms with van der Waals surface area (Å²) in [6.07, 6.45) is 0. The molecule has 0 aromatic heterocycles. The van der Waals surface area contributed by atoms with Gasteiger partial charge in [0.05, 0.1) is 19.8 Å². The van der Waals surface area contributed by atoms with Gasteiger partial charge < -0.3 is 10.2 Å². The van der Waals surface area contributed by atoms with Gasteiger partial charge in [0.2, 0.25) is 0 Å². The van der Waals surface area contributed by atoms with Gasteiger partial charge in [0.25, 0.3) is 0 Å². The largest absolute Gasteiger partial charge is 0.480 e. The molecule has 2 N–H and O–H groups in total. The van der Waals surface area contributed by atoms with E-state index >= 15 is 0 Å². The fraction of sp³-hybridized carbons (Fsp3) is 0.714. The fourth-order valence-electron chi connectivity index (χ4n) is 0.938. The number of rotatable bonds is 6. The average Bonchev–Trinajstić information content (AvgIpc) is 1.80. The molecule has 0 aliphatic carbocycles. The van der Waals surface area contributed by atoms with Crippen LogP contribution in [0.15, 0.2) is 0 Å². The van der Waals surface area contributed by atoms with Crippen molar-refractivity contribution in [1.82, 2.24) is 9.80 Å². The highest BCUT2D eigenvalue weighted by Crippen LogP contribution is 1.89. The lowest BCUT2D eigenvalue weighted by atomic mass is 10.5. The zero-order valence-electron chi connectivity index (χ0n) is 7.73.